The van der Waals surface area contributed by atoms with E-state index in [1.807, 2.05) is 6.07 Å². The van der Waals surface area contributed by atoms with Gasteiger partial charge in [0.1, 0.15) is 6.07 Å². The smallest absolute Gasteiger partial charge is 0.244 e. The lowest BCUT2D eigenvalue weighted by Crippen LogP contribution is -2.39. The van der Waals surface area contributed by atoms with Crippen molar-refractivity contribution in [2.75, 3.05) is 20.1 Å². The number of nitriles is 1. The third-order valence-electron chi connectivity index (χ3n) is 4.74. The molecule has 0 saturated carbocycles. The molecule has 5 nitrogen and oxygen atoms in total. The van der Waals surface area contributed by atoms with Crippen LogP contribution in [0.5, 0.6) is 0 Å². The fourth-order valence-corrected chi connectivity index (χ4v) is 5.05. The molecule has 0 amide bonds. The lowest BCUT2D eigenvalue weighted by atomic mass is 10.1. The van der Waals surface area contributed by atoms with E-state index >= 15 is 0 Å². The van der Waals surface area contributed by atoms with Crippen LogP contribution in [-0.2, 0) is 10.0 Å². The number of rotatable bonds is 2. The lowest BCUT2D eigenvalue weighted by Gasteiger charge is -2.25. The Morgan fingerprint density at radius 2 is 1.90 bits per heavy atom. The Labute approximate surface area is 125 Å². The van der Waals surface area contributed by atoms with Gasteiger partial charge in [-0.3, -0.25) is 4.90 Å². The second kappa shape index (κ2) is 5.41. The third-order valence-corrected chi connectivity index (χ3v) is 6.66. The van der Waals surface area contributed by atoms with Gasteiger partial charge in [-0.1, -0.05) is 12.1 Å². The Morgan fingerprint density at radius 1 is 1.19 bits per heavy atom. The highest BCUT2D eigenvalue weighted by molar-refractivity contribution is 7.89. The van der Waals surface area contributed by atoms with Gasteiger partial charge in [-0.2, -0.15) is 9.57 Å². The SMILES string of the molecule is CN1C2CCC1CN(S(=O)(=O)c1ccccc1C#N)CC2. The normalized spacial score (nSPS) is 27.2. The second-order valence-corrected chi connectivity index (χ2v) is 7.72. The topological polar surface area (TPSA) is 64.4 Å². The van der Waals surface area contributed by atoms with E-state index in [0.29, 0.717) is 25.2 Å². The number of hydrogen-bond donors (Lipinski definition) is 0. The maximum absolute atomic E-state index is 12.9. The van der Waals surface area contributed by atoms with Crippen molar-refractivity contribution >= 4 is 10.0 Å². The van der Waals surface area contributed by atoms with Gasteiger partial charge in [-0.05, 0) is 38.4 Å². The van der Waals surface area contributed by atoms with Crippen molar-refractivity contribution in [1.82, 2.24) is 9.21 Å². The fourth-order valence-electron chi connectivity index (χ4n) is 3.42. The van der Waals surface area contributed by atoms with Gasteiger partial charge in [-0.25, -0.2) is 8.42 Å². The zero-order chi connectivity index (χ0) is 15.0. The molecule has 112 valence electrons. The molecule has 1 aromatic carbocycles. The van der Waals surface area contributed by atoms with Crippen molar-refractivity contribution in [3.8, 4) is 6.07 Å². The van der Waals surface area contributed by atoms with Gasteiger partial charge >= 0.3 is 0 Å². The molecule has 21 heavy (non-hydrogen) atoms. The highest BCUT2D eigenvalue weighted by Crippen LogP contribution is 2.31. The summed E-state index contributed by atoms with van der Waals surface area (Å²) >= 11 is 0. The minimum Gasteiger partial charge on any atom is -0.299 e. The Balaban J connectivity index is 1.94. The van der Waals surface area contributed by atoms with Gasteiger partial charge in [0.2, 0.25) is 10.0 Å². The summed E-state index contributed by atoms with van der Waals surface area (Å²) in [5, 5.41) is 9.14. The van der Waals surface area contributed by atoms with Crippen molar-refractivity contribution in [3.63, 3.8) is 0 Å². The van der Waals surface area contributed by atoms with Crippen LogP contribution in [0.15, 0.2) is 29.2 Å². The summed E-state index contributed by atoms with van der Waals surface area (Å²) in [5.41, 5.74) is 0.222. The van der Waals surface area contributed by atoms with Gasteiger partial charge < -0.3 is 0 Å². The summed E-state index contributed by atoms with van der Waals surface area (Å²) in [6.45, 7) is 1.06. The minimum atomic E-state index is -3.59. The number of fused-ring (bicyclic) bond motifs is 2. The first-order chi connectivity index (χ1) is 10.0. The molecule has 2 bridgehead atoms. The van der Waals surface area contributed by atoms with Crippen LogP contribution in [0.25, 0.3) is 0 Å². The number of hydrogen-bond acceptors (Lipinski definition) is 4. The Kier molecular flexibility index (Phi) is 3.74. The van der Waals surface area contributed by atoms with Crippen LogP contribution in [-0.4, -0.2) is 49.8 Å². The quantitative estimate of drug-likeness (QED) is 0.829. The summed E-state index contributed by atoms with van der Waals surface area (Å²) in [7, 11) is -1.50. The van der Waals surface area contributed by atoms with E-state index in [1.165, 1.54) is 6.07 Å². The first-order valence-corrected chi connectivity index (χ1v) is 8.69. The van der Waals surface area contributed by atoms with Crippen LogP contribution in [0.3, 0.4) is 0 Å². The Hall–Kier alpha value is -1.42. The van der Waals surface area contributed by atoms with Crippen LogP contribution in [0.2, 0.25) is 0 Å². The van der Waals surface area contributed by atoms with Gasteiger partial charge in [-0.15, -0.1) is 0 Å². The van der Waals surface area contributed by atoms with E-state index in [4.69, 9.17) is 5.26 Å². The second-order valence-electron chi connectivity index (χ2n) is 5.81. The standard InChI is InChI=1S/C15H19N3O2S/c1-17-13-6-7-14(17)11-18(9-8-13)21(19,20)15-5-3-2-4-12(15)10-16/h2-5,13-14H,6-9,11H2,1H3. The van der Waals surface area contributed by atoms with Crippen molar-refractivity contribution in [1.29, 1.82) is 5.26 Å². The molecular formula is C15H19N3O2S. The zero-order valence-corrected chi connectivity index (χ0v) is 12.9. The van der Waals surface area contributed by atoms with Crippen molar-refractivity contribution < 1.29 is 8.42 Å². The minimum absolute atomic E-state index is 0.132. The van der Waals surface area contributed by atoms with Crippen LogP contribution in [0, 0.1) is 11.3 Å². The Bertz CT molecular complexity index is 680. The molecule has 6 heteroatoms. The predicted molar refractivity (Wildman–Crippen MR) is 79.1 cm³/mol. The summed E-state index contributed by atoms with van der Waals surface area (Å²) in [6.07, 6.45) is 3.07. The molecule has 0 N–H and O–H groups in total. The van der Waals surface area contributed by atoms with Crippen LogP contribution >= 0.6 is 0 Å². The van der Waals surface area contributed by atoms with Gasteiger partial charge in [0, 0.05) is 25.2 Å². The first-order valence-electron chi connectivity index (χ1n) is 7.25. The van der Waals surface area contributed by atoms with E-state index in [9.17, 15) is 8.42 Å². The summed E-state index contributed by atoms with van der Waals surface area (Å²) in [6, 6.07) is 9.21. The molecule has 2 aliphatic rings. The van der Waals surface area contributed by atoms with Gasteiger partial charge in [0.05, 0.1) is 10.5 Å². The van der Waals surface area contributed by atoms with E-state index < -0.39 is 10.0 Å². The van der Waals surface area contributed by atoms with E-state index in [1.54, 1.807) is 22.5 Å². The monoisotopic (exact) mass is 305 g/mol. The molecular weight excluding hydrogens is 286 g/mol. The molecule has 0 spiro atoms. The summed E-state index contributed by atoms with van der Waals surface area (Å²) < 4.78 is 27.3. The highest BCUT2D eigenvalue weighted by atomic mass is 32.2. The molecule has 2 saturated heterocycles. The molecule has 1 aromatic rings. The molecule has 3 rings (SSSR count). The number of likely N-dealkylation sites (N-methyl/N-ethyl adjacent to an activating group) is 1. The van der Waals surface area contributed by atoms with Crippen LogP contribution in [0.1, 0.15) is 24.8 Å². The maximum atomic E-state index is 12.9. The van der Waals surface area contributed by atoms with Gasteiger partial charge in [0.15, 0.2) is 0 Å². The highest BCUT2D eigenvalue weighted by Gasteiger charge is 2.39. The first kappa shape index (κ1) is 14.5. The summed E-state index contributed by atoms with van der Waals surface area (Å²) in [4.78, 5) is 2.44. The molecule has 2 atom stereocenters. The Morgan fingerprint density at radius 3 is 2.67 bits per heavy atom. The van der Waals surface area contributed by atoms with Crippen molar-refractivity contribution in [2.45, 2.75) is 36.2 Å². The molecule has 2 unspecified atom stereocenters. The van der Waals surface area contributed by atoms with Crippen LogP contribution in [0.4, 0.5) is 0 Å². The number of sulfonamides is 1. The fraction of sp³-hybridized carbons (Fsp3) is 0.533. The predicted octanol–water partition coefficient (Wildman–Crippen LogP) is 1.42. The third kappa shape index (κ3) is 2.46. The maximum Gasteiger partial charge on any atom is 0.244 e. The van der Waals surface area contributed by atoms with E-state index in [2.05, 4.69) is 11.9 Å². The zero-order valence-electron chi connectivity index (χ0n) is 12.1. The van der Waals surface area contributed by atoms with E-state index in [-0.39, 0.29) is 10.5 Å². The van der Waals surface area contributed by atoms with Crippen LogP contribution < -0.4 is 0 Å². The lowest BCUT2D eigenvalue weighted by molar-refractivity contribution is 0.246. The number of nitrogens with zero attached hydrogens (tertiary/aromatic N) is 3. The summed E-state index contributed by atoms with van der Waals surface area (Å²) in [5.74, 6) is 0. The molecule has 0 aliphatic carbocycles. The van der Waals surface area contributed by atoms with Gasteiger partial charge in [0.25, 0.3) is 0 Å². The molecule has 2 fully saturated rings. The van der Waals surface area contributed by atoms with Crippen molar-refractivity contribution in [2.24, 2.45) is 0 Å². The molecule has 2 aliphatic heterocycles. The molecule has 0 radical (unpaired) electrons. The molecule has 0 aromatic heterocycles. The largest absolute Gasteiger partial charge is 0.299 e. The van der Waals surface area contributed by atoms with Crippen molar-refractivity contribution in [3.05, 3.63) is 29.8 Å². The van der Waals surface area contributed by atoms with E-state index in [0.717, 1.165) is 19.3 Å². The average Bonchev–Trinajstić information content (AvgIpc) is 2.71. The average molecular weight is 305 g/mol. The molecule has 2 heterocycles. The number of benzene rings is 1.